The van der Waals surface area contributed by atoms with Gasteiger partial charge in [-0.2, -0.15) is 0 Å². The van der Waals surface area contributed by atoms with Crippen molar-refractivity contribution in [1.82, 2.24) is 10.0 Å². The Hall–Kier alpha value is -1.80. The highest BCUT2D eigenvalue weighted by Crippen LogP contribution is 2.23. The fourth-order valence-corrected chi connectivity index (χ4v) is 2.39. The molecule has 0 saturated carbocycles. The molecule has 5 N–H and O–H groups in total. The molecule has 106 valence electrons. The van der Waals surface area contributed by atoms with E-state index in [2.05, 4.69) is 15.4 Å². The highest BCUT2D eigenvalue weighted by Gasteiger charge is 2.16. The summed E-state index contributed by atoms with van der Waals surface area (Å²) < 4.78 is 25.9. The predicted molar refractivity (Wildman–Crippen MR) is 74.3 cm³/mol. The van der Waals surface area contributed by atoms with Crippen LogP contribution in [0.15, 0.2) is 23.1 Å². The van der Waals surface area contributed by atoms with E-state index in [0.717, 1.165) is 0 Å². The molecule has 0 aliphatic heterocycles. The summed E-state index contributed by atoms with van der Waals surface area (Å²) in [5.41, 5.74) is 6.36. The van der Waals surface area contributed by atoms with E-state index in [9.17, 15) is 13.2 Å². The summed E-state index contributed by atoms with van der Waals surface area (Å²) in [5.74, 6) is -0.124. The quantitative estimate of drug-likeness (QED) is 0.537. The molecule has 0 fully saturated rings. The number of hydrogen-bond donors (Lipinski definition) is 4. The van der Waals surface area contributed by atoms with Gasteiger partial charge < -0.3 is 16.4 Å². The number of nitrogens with one attached hydrogen (secondary N) is 3. The number of nitrogen functional groups attached to an aromatic ring is 1. The van der Waals surface area contributed by atoms with Gasteiger partial charge in [-0.05, 0) is 25.2 Å². The van der Waals surface area contributed by atoms with Crippen LogP contribution in [0.4, 0.5) is 11.4 Å². The summed E-state index contributed by atoms with van der Waals surface area (Å²) in [6.07, 6.45) is 0.250. The summed E-state index contributed by atoms with van der Waals surface area (Å²) in [4.78, 5) is 11.2. The van der Waals surface area contributed by atoms with Gasteiger partial charge in [-0.3, -0.25) is 4.79 Å². The van der Waals surface area contributed by atoms with Crippen molar-refractivity contribution < 1.29 is 13.2 Å². The maximum absolute atomic E-state index is 11.8. The van der Waals surface area contributed by atoms with E-state index in [0.29, 0.717) is 17.9 Å². The van der Waals surface area contributed by atoms with Crippen molar-refractivity contribution in [3.63, 3.8) is 0 Å². The topological polar surface area (TPSA) is 113 Å². The maximum atomic E-state index is 11.8. The third kappa shape index (κ3) is 4.11. The van der Waals surface area contributed by atoms with E-state index in [1.807, 2.05) is 0 Å². The van der Waals surface area contributed by atoms with Gasteiger partial charge in [0.25, 0.3) is 0 Å². The Bertz CT molecular complexity index is 557. The largest absolute Gasteiger partial charge is 0.399 e. The van der Waals surface area contributed by atoms with Crippen LogP contribution < -0.4 is 21.1 Å². The van der Waals surface area contributed by atoms with Crippen LogP contribution in [0.2, 0.25) is 0 Å². The fraction of sp³-hybridized carbons (Fsp3) is 0.364. The number of amides is 1. The molecule has 1 aromatic carbocycles. The van der Waals surface area contributed by atoms with Crippen molar-refractivity contribution in [1.29, 1.82) is 0 Å². The second-order valence-electron chi connectivity index (χ2n) is 3.81. The molecule has 1 rings (SSSR count). The first-order chi connectivity index (χ1) is 8.90. The van der Waals surface area contributed by atoms with Gasteiger partial charge >= 0.3 is 0 Å². The number of carbonyl (C=O) groups excluding carboxylic acids is 1. The van der Waals surface area contributed by atoms with E-state index < -0.39 is 10.0 Å². The van der Waals surface area contributed by atoms with Crippen LogP contribution in [0.25, 0.3) is 0 Å². The van der Waals surface area contributed by atoms with Gasteiger partial charge in [0.1, 0.15) is 4.90 Å². The molecule has 7 nitrogen and oxygen atoms in total. The molecule has 0 aliphatic rings. The molecular weight excluding hydrogens is 268 g/mol. The lowest BCUT2D eigenvalue weighted by molar-refractivity contribution is -0.120. The molecule has 1 amide bonds. The summed E-state index contributed by atoms with van der Waals surface area (Å²) in [7, 11) is -0.730. The molecule has 0 atom stereocenters. The van der Waals surface area contributed by atoms with Crippen molar-refractivity contribution in [3.8, 4) is 0 Å². The van der Waals surface area contributed by atoms with Gasteiger partial charge in [-0.1, -0.05) is 0 Å². The van der Waals surface area contributed by atoms with E-state index in [1.54, 1.807) is 19.2 Å². The van der Waals surface area contributed by atoms with Crippen molar-refractivity contribution in [3.05, 3.63) is 18.2 Å². The van der Waals surface area contributed by atoms with Crippen molar-refractivity contribution in [2.24, 2.45) is 0 Å². The van der Waals surface area contributed by atoms with Crippen molar-refractivity contribution >= 4 is 27.3 Å². The van der Waals surface area contributed by atoms with Crippen molar-refractivity contribution in [2.45, 2.75) is 11.3 Å². The zero-order valence-electron chi connectivity index (χ0n) is 10.9. The number of sulfonamides is 1. The summed E-state index contributed by atoms with van der Waals surface area (Å²) in [6, 6.07) is 4.54. The molecule has 0 saturated heterocycles. The Morgan fingerprint density at radius 2 is 2.00 bits per heavy atom. The Morgan fingerprint density at radius 1 is 1.32 bits per heavy atom. The lowest BCUT2D eigenvalue weighted by Crippen LogP contribution is -2.23. The van der Waals surface area contributed by atoms with Gasteiger partial charge in [0.05, 0.1) is 5.69 Å². The van der Waals surface area contributed by atoms with E-state index >= 15 is 0 Å². The Morgan fingerprint density at radius 3 is 2.58 bits per heavy atom. The van der Waals surface area contributed by atoms with Gasteiger partial charge in [0.15, 0.2) is 0 Å². The van der Waals surface area contributed by atoms with E-state index in [4.69, 9.17) is 5.73 Å². The SMILES string of the molecule is CNC(=O)CCNc1ccc(N)cc1S(=O)(=O)NC. The normalized spacial score (nSPS) is 11.1. The van der Waals surface area contributed by atoms with Crippen LogP contribution in [0, 0.1) is 0 Å². The van der Waals surface area contributed by atoms with Crippen LogP contribution >= 0.6 is 0 Å². The van der Waals surface area contributed by atoms with Crippen LogP contribution in [-0.2, 0) is 14.8 Å². The van der Waals surface area contributed by atoms with Crippen LogP contribution in [0.3, 0.4) is 0 Å². The molecule has 0 spiro atoms. The number of nitrogens with two attached hydrogens (primary N) is 1. The minimum atomic E-state index is -3.60. The lowest BCUT2D eigenvalue weighted by atomic mass is 10.2. The van der Waals surface area contributed by atoms with E-state index in [1.165, 1.54) is 13.1 Å². The highest BCUT2D eigenvalue weighted by atomic mass is 32.2. The molecular formula is C11H18N4O3S. The third-order valence-corrected chi connectivity index (χ3v) is 3.96. The smallest absolute Gasteiger partial charge is 0.242 e. The maximum Gasteiger partial charge on any atom is 0.242 e. The lowest BCUT2D eigenvalue weighted by Gasteiger charge is -2.12. The average Bonchev–Trinajstić information content (AvgIpc) is 2.40. The molecule has 0 unspecified atom stereocenters. The monoisotopic (exact) mass is 286 g/mol. The molecule has 0 aromatic heterocycles. The molecule has 1 aromatic rings. The standard InChI is InChI=1S/C11H18N4O3S/c1-13-11(16)5-6-15-9-4-3-8(12)7-10(9)19(17,18)14-2/h3-4,7,14-15H,5-6,12H2,1-2H3,(H,13,16). The molecule has 8 heteroatoms. The molecule has 0 heterocycles. The fourth-order valence-electron chi connectivity index (χ4n) is 1.45. The molecule has 0 radical (unpaired) electrons. The first kappa shape index (κ1) is 15.3. The third-order valence-electron chi connectivity index (χ3n) is 2.51. The van der Waals surface area contributed by atoms with E-state index in [-0.39, 0.29) is 17.2 Å². The highest BCUT2D eigenvalue weighted by molar-refractivity contribution is 7.89. The first-order valence-electron chi connectivity index (χ1n) is 5.68. The number of hydrogen-bond acceptors (Lipinski definition) is 5. The number of carbonyl (C=O) groups is 1. The number of rotatable bonds is 6. The molecule has 19 heavy (non-hydrogen) atoms. The van der Waals surface area contributed by atoms with Gasteiger partial charge in [0, 0.05) is 25.7 Å². The number of anilines is 2. The average molecular weight is 286 g/mol. The predicted octanol–water partition coefficient (Wildman–Crippen LogP) is -0.275. The number of benzene rings is 1. The minimum absolute atomic E-state index is 0.0620. The Balaban J connectivity index is 2.92. The van der Waals surface area contributed by atoms with Crippen LogP contribution in [-0.4, -0.2) is 35.0 Å². The molecule has 0 bridgehead atoms. The summed E-state index contributed by atoms with van der Waals surface area (Å²) in [6.45, 7) is 0.329. The van der Waals surface area contributed by atoms with Crippen LogP contribution in [0.1, 0.15) is 6.42 Å². The molecule has 0 aliphatic carbocycles. The zero-order valence-corrected chi connectivity index (χ0v) is 11.7. The second kappa shape index (κ2) is 6.39. The summed E-state index contributed by atoms with van der Waals surface area (Å²) in [5, 5.41) is 5.40. The Kier molecular flexibility index (Phi) is 5.13. The van der Waals surface area contributed by atoms with Gasteiger partial charge in [-0.15, -0.1) is 0 Å². The Labute approximate surface area is 112 Å². The second-order valence-corrected chi connectivity index (χ2v) is 5.67. The summed E-state index contributed by atoms with van der Waals surface area (Å²) >= 11 is 0. The van der Waals surface area contributed by atoms with Gasteiger partial charge in [-0.25, -0.2) is 13.1 Å². The van der Waals surface area contributed by atoms with Crippen LogP contribution in [0.5, 0.6) is 0 Å². The van der Waals surface area contributed by atoms with Gasteiger partial charge in [0.2, 0.25) is 15.9 Å². The first-order valence-corrected chi connectivity index (χ1v) is 7.16. The minimum Gasteiger partial charge on any atom is -0.399 e. The van der Waals surface area contributed by atoms with Crippen molar-refractivity contribution in [2.75, 3.05) is 31.7 Å². The zero-order chi connectivity index (χ0) is 14.5.